The van der Waals surface area contributed by atoms with Crippen molar-refractivity contribution in [3.63, 3.8) is 0 Å². The minimum absolute atomic E-state index is 0.0816. The highest BCUT2D eigenvalue weighted by Crippen LogP contribution is 1.92. The molecule has 0 aliphatic rings. The van der Waals surface area contributed by atoms with Gasteiger partial charge >= 0.3 is 11.9 Å². The fourth-order valence-electron chi connectivity index (χ4n) is 0.777. The van der Waals surface area contributed by atoms with Gasteiger partial charge in [0.15, 0.2) is 12.9 Å². The van der Waals surface area contributed by atoms with Gasteiger partial charge in [0.25, 0.3) is 0 Å². The van der Waals surface area contributed by atoms with Gasteiger partial charge in [-0.25, -0.2) is 9.59 Å². The van der Waals surface area contributed by atoms with Crippen LogP contribution in [0.5, 0.6) is 0 Å². The van der Waals surface area contributed by atoms with E-state index in [0.29, 0.717) is 5.57 Å². The summed E-state index contributed by atoms with van der Waals surface area (Å²) in [7, 11) is 0. The molecule has 120 valence electrons. The largest absolute Gasteiger partial charge is 0.486 e. The predicted octanol–water partition coefficient (Wildman–Crippen LogP) is 0.574. The second-order valence-corrected chi connectivity index (χ2v) is 3.49. The van der Waals surface area contributed by atoms with Gasteiger partial charge in [-0.15, -0.1) is 0 Å². The van der Waals surface area contributed by atoms with Crippen molar-refractivity contribution in [2.45, 2.75) is 6.92 Å². The number of aliphatic carboxylic acids is 1. The van der Waals surface area contributed by atoms with Crippen LogP contribution in [0.15, 0.2) is 24.7 Å². The molecule has 0 atom stereocenters. The van der Waals surface area contributed by atoms with Crippen LogP contribution in [-0.2, 0) is 38.6 Å². The monoisotopic (exact) mass is 306 g/mol. The van der Waals surface area contributed by atoms with Gasteiger partial charge in [-0.2, -0.15) is 4.89 Å². The first-order valence-electron chi connectivity index (χ1n) is 5.87. The molecule has 0 amide bonds. The van der Waals surface area contributed by atoms with Gasteiger partial charge in [-0.1, -0.05) is 6.58 Å². The Morgan fingerprint density at radius 3 is 2.52 bits per heavy atom. The Bertz CT molecular complexity index is 351. The van der Waals surface area contributed by atoms with Gasteiger partial charge in [-0.3, -0.25) is 0 Å². The summed E-state index contributed by atoms with van der Waals surface area (Å²) >= 11 is 0. The number of ether oxygens (including phenoxy) is 3. The molecule has 9 heteroatoms. The van der Waals surface area contributed by atoms with Crippen molar-refractivity contribution in [1.29, 1.82) is 0 Å². The van der Waals surface area contributed by atoms with Crippen molar-refractivity contribution < 1.29 is 43.7 Å². The van der Waals surface area contributed by atoms with E-state index in [4.69, 9.17) is 14.6 Å². The molecule has 0 aromatic carbocycles. The zero-order chi connectivity index (χ0) is 15.9. The molecule has 0 heterocycles. The average molecular weight is 306 g/mol. The Morgan fingerprint density at radius 1 is 1.14 bits per heavy atom. The van der Waals surface area contributed by atoms with E-state index in [0.717, 1.165) is 12.5 Å². The SMILES string of the molecule is C=C(C)C(=O)OCCOCCOOO/C=C/OCC(=O)O. The van der Waals surface area contributed by atoms with Crippen LogP contribution < -0.4 is 0 Å². The Hall–Kier alpha value is -2.10. The number of carboxylic acids is 1. The number of hydrogen-bond donors (Lipinski definition) is 1. The van der Waals surface area contributed by atoms with Crippen molar-refractivity contribution in [2.24, 2.45) is 0 Å². The molecule has 0 unspecified atom stereocenters. The molecule has 9 nitrogen and oxygen atoms in total. The van der Waals surface area contributed by atoms with Crippen LogP contribution in [0.3, 0.4) is 0 Å². The Morgan fingerprint density at radius 2 is 1.86 bits per heavy atom. The Kier molecular flexibility index (Phi) is 11.6. The predicted molar refractivity (Wildman–Crippen MR) is 67.4 cm³/mol. The third-order valence-electron chi connectivity index (χ3n) is 1.62. The van der Waals surface area contributed by atoms with Crippen molar-refractivity contribution in [3.05, 3.63) is 24.7 Å². The second kappa shape index (κ2) is 12.9. The molecule has 0 fully saturated rings. The first kappa shape index (κ1) is 18.9. The van der Waals surface area contributed by atoms with Crippen LogP contribution in [0.1, 0.15) is 6.92 Å². The standard InChI is InChI=1S/C12H18O9/c1-10(2)12(15)18-6-3-16-4-7-19-21-20-8-5-17-9-11(13)14/h5,8H,1,3-4,6-7,9H2,2H3,(H,13,14)/b8-5+. The Balaban J connectivity index is 3.21. The van der Waals surface area contributed by atoms with Gasteiger partial charge in [0.05, 0.1) is 13.2 Å². The van der Waals surface area contributed by atoms with E-state index in [9.17, 15) is 9.59 Å². The first-order valence-corrected chi connectivity index (χ1v) is 5.87. The highest BCUT2D eigenvalue weighted by molar-refractivity contribution is 5.86. The first-order chi connectivity index (χ1) is 10.0. The maximum absolute atomic E-state index is 11.0. The second-order valence-electron chi connectivity index (χ2n) is 3.49. The lowest BCUT2D eigenvalue weighted by molar-refractivity contribution is -0.491. The topological polar surface area (TPSA) is 110 Å². The van der Waals surface area contributed by atoms with E-state index in [1.54, 1.807) is 6.92 Å². The summed E-state index contributed by atoms with van der Waals surface area (Å²) in [5.41, 5.74) is 0.323. The number of rotatable bonds is 13. The van der Waals surface area contributed by atoms with Gasteiger partial charge in [0, 0.05) is 5.57 Å². The summed E-state index contributed by atoms with van der Waals surface area (Å²) < 4.78 is 14.3. The molecule has 0 aromatic rings. The fraction of sp³-hybridized carbons (Fsp3) is 0.500. The molecule has 0 saturated carbocycles. The lowest BCUT2D eigenvalue weighted by Crippen LogP contribution is -2.13. The molecule has 0 spiro atoms. The molecule has 0 saturated heterocycles. The van der Waals surface area contributed by atoms with E-state index >= 15 is 0 Å². The molecular formula is C12H18O9. The smallest absolute Gasteiger partial charge is 0.341 e. The van der Waals surface area contributed by atoms with Crippen molar-refractivity contribution in [2.75, 3.05) is 33.0 Å². The summed E-state index contributed by atoms with van der Waals surface area (Å²) in [6, 6.07) is 0. The molecule has 0 aliphatic heterocycles. The van der Waals surface area contributed by atoms with E-state index < -0.39 is 18.5 Å². The minimum atomic E-state index is -1.11. The summed E-state index contributed by atoms with van der Waals surface area (Å²) in [6.45, 7) is 5.11. The van der Waals surface area contributed by atoms with Crippen molar-refractivity contribution >= 4 is 11.9 Å². The summed E-state index contributed by atoms with van der Waals surface area (Å²) in [6.07, 6.45) is 1.95. The lowest BCUT2D eigenvalue weighted by atomic mass is 10.4. The lowest BCUT2D eigenvalue weighted by Gasteiger charge is -2.05. The summed E-state index contributed by atoms with van der Waals surface area (Å²) in [4.78, 5) is 29.9. The fourth-order valence-corrected chi connectivity index (χ4v) is 0.777. The zero-order valence-corrected chi connectivity index (χ0v) is 11.6. The molecule has 0 bridgehead atoms. The molecule has 0 rings (SSSR count). The molecule has 0 aliphatic carbocycles. The maximum atomic E-state index is 11.0. The van der Waals surface area contributed by atoms with Crippen LogP contribution in [0.25, 0.3) is 0 Å². The Labute approximate surface area is 121 Å². The number of carbonyl (C=O) groups excluding carboxylic acids is 1. The maximum Gasteiger partial charge on any atom is 0.341 e. The quantitative estimate of drug-likeness (QED) is 0.130. The average Bonchev–Trinajstić information content (AvgIpc) is 2.43. The van der Waals surface area contributed by atoms with E-state index in [1.807, 2.05) is 0 Å². The van der Waals surface area contributed by atoms with E-state index in [2.05, 4.69) is 26.1 Å². The highest BCUT2D eigenvalue weighted by Gasteiger charge is 2.01. The van der Waals surface area contributed by atoms with Crippen LogP contribution >= 0.6 is 0 Å². The van der Waals surface area contributed by atoms with Gasteiger partial charge in [-0.05, 0) is 12.0 Å². The number of carbonyl (C=O) groups is 2. The van der Waals surface area contributed by atoms with Crippen molar-refractivity contribution in [3.8, 4) is 0 Å². The number of carboxylic acid groups (broad SMARTS) is 1. The normalized spacial score (nSPS) is 10.3. The molecule has 21 heavy (non-hydrogen) atoms. The molecule has 0 aromatic heterocycles. The van der Waals surface area contributed by atoms with E-state index in [-0.39, 0.29) is 26.4 Å². The molecule has 0 radical (unpaired) electrons. The summed E-state index contributed by atoms with van der Waals surface area (Å²) in [5, 5.41) is 12.5. The van der Waals surface area contributed by atoms with E-state index in [1.165, 1.54) is 0 Å². The zero-order valence-electron chi connectivity index (χ0n) is 11.6. The van der Waals surface area contributed by atoms with Crippen LogP contribution in [0.2, 0.25) is 0 Å². The molecule has 1 N–H and O–H groups in total. The van der Waals surface area contributed by atoms with Crippen LogP contribution in [0.4, 0.5) is 0 Å². The van der Waals surface area contributed by atoms with Gasteiger partial charge in [0.1, 0.15) is 19.5 Å². The minimum Gasteiger partial charge on any atom is -0.486 e. The van der Waals surface area contributed by atoms with Crippen molar-refractivity contribution in [1.82, 2.24) is 0 Å². The number of esters is 1. The molecular weight excluding hydrogens is 288 g/mol. The highest BCUT2D eigenvalue weighted by atomic mass is 17.5. The van der Waals surface area contributed by atoms with Gasteiger partial charge < -0.3 is 24.2 Å². The third-order valence-corrected chi connectivity index (χ3v) is 1.62. The van der Waals surface area contributed by atoms with Crippen LogP contribution in [-0.4, -0.2) is 50.1 Å². The van der Waals surface area contributed by atoms with Crippen LogP contribution in [0, 0.1) is 0 Å². The van der Waals surface area contributed by atoms with Gasteiger partial charge in [0.2, 0.25) is 0 Å². The number of hydrogen-bond acceptors (Lipinski definition) is 8. The summed E-state index contributed by atoms with van der Waals surface area (Å²) in [5.74, 6) is -1.58. The third kappa shape index (κ3) is 14.1.